The topological polar surface area (TPSA) is 33.2 Å². The molecule has 0 saturated heterocycles. The number of carbonyl (C=O) groups is 1. The Morgan fingerprint density at radius 3 is 2.63 bits per heavy atom. The Kier molecular flexibility index (Phi) is 4.72. The molecule has 1 amide bonds. The van der Waals surface area contributed by atoms with Crippen LogP contribution in [0.2, 0.25) is 0 Å². The highest BCUT2D eigenvalue weighted by molar-refractivity contribution is 5.89. The van der Waals surface area contributed by atoms with Crippen LogP contribution in [0.4, 0.5) is 0 Å². The number of allylic oxidation sites excluding steroid dienone is 2. The second-order valence-corrected chi connectivity index (χ2v) is 10.9. The number of carbonyl (C=O) groups excluding carboxylic acids is 1. The summed E-state index contributed by atoms with van der Waals surface area (Å²) in [6, 6.07) is 4.64. The van der Waals surface area contributed by atoms with E-state index in [0.29, 0.717) is 23.3 Å². The minimum absolute atomic E-state index is 0.147. The molecule has 1 aromatic heterocycles. The summed E-state index contributed by atoms with van der Waals surface area (Å²) in [5.41, 5.74) is 3.27. The maximum atomic E-state index is 12.3. The quantitative estimate of drug-likeness (QED) is 0.630. The van der Waals surface area contributed by atoms with Gasteiger partial charge in [-0.15, -0.1) is 0 Å². The minimum Gasteiger partial charge on any atom is -0.338 e. The molecule has 0 aromatic carbocycles. The zero-order valence-electron chi connectivity index (χ0n) is 19.0. The van der Waals surface area contributed by atoms with Crippen LogP contribution < -0.4 is 0 Å². The van der Waals surface area contributed by atoms with Crippen LogP contribution in [0.15, 0.2) is 42.8 Å². The van der Waals surface area contributed by atoms with E-state index in [1.807, 2.05) is 30.4 Å². The van der Waals surface area contributed by atoms with Crippen LogP contribution in [-0.2, 0) is 4.79 Å². The van der Waals surface area contributed by atoms with Crippen molar-refractivity contribution >= 4 is 11.5 Å². The molecule has 0 bridgehead atoms. The number of aromatic nitrogens is 1. The third kappa shape index (κ3) is 2.84. The van der Waals surface area contributed by atoms with Crippen LogP contribution in [0.5, 0.6) is 0 Å². The zero-order chi connectivity index (χ0) is 21.1. The lowest BCUT2D eigenvalue weighted by Crippen LogP contribution is -2.59. The van der Waals surface area contributed by atoms with E-state index in [2.05, 4.69) is 50.0 Å². The zero-order valence-corrected chi connectivity index (χ0v) is 19.0. The van der Waals surface area contributed by atoms with Crippen molar-refractivity contribution in [2.45, 2.75) is 65.3 Å². The molecule has 5 rings (SSSR count). The monoisotopic (exact) mass is 404 g/mol. The molecule has 2 heterocycles. The predicted octanol–water partition coefficient (Wildman–Crippen LogP) is 5.74. The van der Waals surface area contributed by atoms with E-state index >= 15 is 0 Å². The van der Waals surface area contributed by atoms with E-state index in [0.717, 1.165) is 18.3 Å². The highest BCUT2D eigenvalue weighted by Gasteiger charge is 2.59. The Morgan fingerprint density at radius 1 is 1.10 bits per heavy atom. The van der Waals surface area contributed by atoms with Gasteiger partial charge in [-0.1, -0.05) is 26.0 Å². The van der Waals surface area contributed by atoms with E-state index in [-0.39, 0.29) is 11.3 Å². The average Bonchev–Trinajstić information content (AvgIpc) is 3.08. The van der Waals surface area contributed by atoms with Crippen molar-refractivity contribution in [3.8, 4) is 0 Å². The molecule has 1 aliphatic heterocycles. The predicted molar refractivity (Wildman–Crippen MR) is 121 cm³/mol. The smallest absolute Gasteiger partial charge is 0.246 e. The molecule has 3 saturated carbocycles. The van der Waals surface area contributed by atoms with Gasteiger partial charge in [-0.3, -0.25) is 9.78 Å². The molecule has 1 aromatic rings. The summed E-state index contributed by atoms with van der Waals surface area (Å²) in [4.78, 5) is 18.5. The first kappa shape index (κ1) is 20.0. The van der Waals surface area contributed by atoms with Gasteiger partial charge in [0.05, 0.1) is 0 Å². The average molecular weight is 405 g/mol. The summed E-state index contributed by atoms with van der Waals surface area (Å²) in [5, 5.41) is 0. The SMILES string of the molecule is C/C(=C/[C@H]1CC[C@H]2[C@@H]3CC[C@H]4N(C)C(=O)C=C[C@]4(C)[C@H]3CC[C@]12C)c1ccncc1. The van der Waals surface area contributed by atoms with Crippen LogP contribution >= 0.6 is 0 Å². The molecular formula is C27H36N2O. The molecule has 160 valence electrons. The maximum Gasteiger partial charge on any atom is 0.246 e. The highest BCUT2D eigenvalue weighted by atomic mass is 16.2. The van der Waals surface area contributed by atoms with Crippen molar-refractivity contribution in [3.05, 3.63) is 48.3 Å². The van der Waals surface area contributed by atoms with E-state index in [1.165, 1.54) is 43.2 Å². The second-order valence-electron chi connectivity index (χ2n) is 10.9. The van der Waals surface area contributed by atoms with Gasteiger partial charge in [-0.05, 0) is 104 Å². The molecule has 0 spiro atoms. The lowest BCUT2D eigenvalue weighted by atomic mass is 9.47. The minimum atomic E-state index is 0.147. The summed E-state index contributed by atoms with van der Waals surface area (Å²) < 4.78 is 0. The first-order valence-electron chi connectivity index (χ1n) is 11.9. The number of likely N-dealkylation sites (N-methyl/N-ethyl adjacent to an activating group) is 1. The number of fused-ring (bicyclic) bond motifs is 5. The van der Waals surface area contributed by atoms with Gasteiger partial charge in [0, 0.05) is 30.9 Å². The van der Waals surface area contributed by atoms with Gasteiger partial charge in [0.25, 0.3) is 0 Å². The Labute approximate surface area is 181 Å². The number of nitrogens with zero attached hydrogens (tertiary/aromatic N) is 2. The van der Waals surface area contributed by atoms with Crippen molar-refractivity contribution in [1.29, 1.82) is 0 Å². The summed E-state index contributed by atoms with van der Waals surface area (Å²) in [7, 11) is 2.01. The van der Waals surface area contributed by atoms with Gasteiger partial charge in [-0.25, -0.2) is 0 Å². The summed E-state index contributed by atoms with van der Waals surface area (Å²) in [6.07, 6.45) is 18.3. The molecule has 7 atom stereocenters. The van der Waals surface area contributed by atoms with Gasteiger partial charge >= 0.3 is 0 Å². The number of hydrogen-bond donors (Lipinski definition) is 0. The first-order valence-corrected chi connectivity index (χ1v) is 11.9. The molecule has 30 heavy (non-hydrogen) atoms. The van der Waals surface area contributed by atoms with Crippen molar-refractivity contribution in [2.24, 2.45) is 34.5 Å². The molecule has 0 unspecified atom stereocenters. The second kappa shape index (κ2) is 7.07. The standard InChI is InChI=1S/C27H36N2O/c1-18(19-11-15-28-16-12-19)17-20-5-7-22-21-6-8-24-27(3,14-10-25(30)29(24)4)23(21)9-13-26(20,22)2/h10-12,14-17,20-24H,5-9,13H2,1-4H3/b18-17-/t20-,21+,22+,23+,24-,26-,27-/m1/s1. The van der Waals surface area contributed by atoms with Crippen LogP contribution in [0.25, 0.3) is 5.57 Å². The third-order valence-electron chi connectivity index (χ3n) is 9.79. The van der Waals surface area contributed by atoms with Crippen LogP contribution in [0, 0.1) is 34.5 Å². The number of rotatable bonds is 2. The molecule has 3 aliphatic carbocycles. The number of hydrogen-bond acceptors (Lipinski definition) is 2. The normalized spacial score (nSPS) is 43.2. The van der Waals surface area contributed by atoms with E-state index in [9.17, 15) is 4.79 Å². The number of amides is 1. The highest BCUT2D eigenvalue weighted by Crippen LogP contribution is 2.65. The van der Waals surface area contributed by atoms with E-state index < -0.39 is 0 Å². The molecular weight excluding hydrogens is 368 g/mol. The lowest BCUT2D eigenvalue weighted by molar-refractivity contribution is -0.138. The van der Waals surface area contributed by atoms with Crippen LogP contribution in [0.1, 0.15) is 64.9 Å². The summed E-state index contributed by atoms with van der Waals surface area (Å²) in [6.45, 7) is 7.29. The Bertz CT molecular complexity index is 889. The van der Waals surface area contributed by atoms with Gasteiger partial charge in [-0.2, -0.15) is 0 Å². The molecule has 4 aliphatic rings. The van der Waals surface area contributed by atoms with Crippen LogP contribution in [0.3, 0.4) is 0 Å². The molecule has 0 N–H and O–H groups in total. The molecule has 3 heteroatoms. The largest absolute Gasteiger partial charge is 0.338 e. The Hall–Kier alpha value is -1.90. The number of pyridine rings is 1. The van der Waals surface area contributed by atoms with E-state index in [1.54, 1.807) is 0 Å². The molecule has 3 nitrogen and oxygen atoms in total. The van der Waals surface area contributed by atoms with Crippen molar-refractivity contribution in [1.82, 2.24) is 9.88 Å². The van der Waals surface area contributed by atoms with Gasteiger partial charge < -0.3 is 4.90 Å². The van der Waals surface area contributed by atoms with Crippen molar-refractivity contribution in [3.63, 3.8) is 0 Å². The molecule has 3 fully saturated rings. The fourth-order valence-corrected chi connectivity index (χ4v) is 8.07. The first-order chi connectivity index (χ1) is 14.3. The fourth-order valence-electron chi connectivity index (χ4n) is 8.07. The van der Waals surface area contributed by atoms with E-state index in [4.69, 9.17) is 0 Å². The fraction of sp³-hybridized carbons (Fsp3) is 0.630. The van der Waals surface area contributed by atoms with Gasteiger partial charge in [0.1, 0.15) is 0 Å². The van der Waals surface area contributed by atoms with Crippen LogP contribution in [-0.4, -0.2) is 28.9 Å². The Morgan fingerprint density at radius 2 is 1.87 bits per heavy atom. The summed E-state index contributed by atoms with van der Waals surface area (Å²) in [5.74, 6) is 3.19. The van der Waals surface area contributed by atoms with Gasteiger partial charge in [0.15, 0.2) is 0 Å². The third-order valence-corrected chi connectivity index (χ3v) is 9.79. The summed E-state index contributed by atoms with van der Waals surface area (Å²) >= 11 is 0. The van der Waals surface area contributed by atoms with Gasteiger partial charge in [0.2, 0.25) is 5.91 Å². The van der Waals surface area contributed by atoms with Crippen molar-refractivity contribution < 1.29 is 4.79 Å². The van der Waals surface area contributed by atoms with Crippen molar-refractivity contribution in [2.75, 3.05) is 7.05 Å². The Balaban J connectivity index is 1.42. The lowest BCUT2D eigenvalue weighted by Gasteiger charge is -2.60. The molecule has 0 radical (unpaired) electrons. The maximum absolute atomic E-state index is 12.3.